The Balaban J connectivity index is 2.36. The predicted octanol–water partition coefficient (Wildman–Crippen LogP) is 4.40. The number of halogens is 4. The Kier molecular flexibility index (Phi) is 3.83. The van der Waals surface area contributed by atoms with E-state index >= 15 is 0 Å². The van der Waals surface area contributed by atoms with Crippen molar-refractivity contribution in [2.75, 3.05) is 7.11 Å². The first-order valence-corrected chi connectivity index (χ1v) is 5.59. The minimum atomic E-state index is -4.78. The van der Waals surface area contributed by atoms with Crippen LogP contribution in [0.15, 0.2) is 42.5 Å². The highest BCUT2D eigenvalue weighted by Crippen LogP contribution is 2.30. The lowest BCUT2D eigenvalue weighted by Crippen LogP contribution is -2.17. The second-order valence-electron chi connectivity index (χ2n) is 3.92. The molecule has 0 radical (unpaired) electrons. The Bertz CT molecular complexity index is 608. The molecule has 0 saturated heterocycles. The summed E-state index contributed by atoms with van der Waals surface area (Å²) in [4.78, 5) is 0. The monoisotopic (exact) mass is 286 g/mol. The van der Waals surface area contributed by atoms with E-state index in [1.165, 1.54) is 31.4 Å². The lowest BCUT2D eigenvalue weighted by molar-refractivity contribution is -0.274. The average Bonchev–Trinajstić information content (AvgIpc) is 2.36. The van der Waals surface area contributed by atoms with Crippen molar-refractivity contribution in [2.45, 2.75) is 6.36 Å². The SMILES string of the molecule is COc1ccc(-c2cccc(OC(F)(F)F)c2)c(F)c1. The highest BCUT2D eigenvalue weighted by atomic mass is 19.4. The molecule has 0 aromatic heterocycles. The molecule has 0 heterocycles. The van der Waals surface area contributed by atoms with E-state index in [1.54, 1.807) is 0 Å². The molecule has 0 aliphatic rings. The van der Waals surface area contributed by atoms with Crippen LogP contribution in [-0.2, 0) is 0 Å². The first-order valence-electron chi connectivity index (χ1n) is 5.59. The maximum absolute atomic E-state index is 13.8. The van der Waals surface area contributed by atoms with Gasteiger partial charge < -0.3 is 9.47 Å². The number of rotatable bonds is 3. The van der Waals surface area contributed by atoms with Crippen LogP contribution >= 0.6 is 0 Å². The summed E-state index contributed by atoms with van der Waals surface area (Å²) in [6, 6.07) is 9.24. The van der Waals surface area contributed by atoms with Gasteiger partial charge in [0.25, 0.3) is 0 Å². The summed E-state index contributed by atoms with van der Waals surface area (Å²) < 4.78 is 58.9. The molecule has 0 aliphatic carbocycles. The highest BCUT2D eigenvalue weighted by Gasteiger charge is 2.31. The second kappa shape index (κ2) is 5.40. The van der Waals surface area contributed by atoms with Gasteiger partial charge >= 0.3 is 6.36 Å². The molecule has 0 aliphatic heterocycles. The fraction of sp³-hybridized carbons (Fsp3) is 0.143. The number of hydrogen-bond acceptors (Lipinski definition) is 2. The molecule has 0 unspecified atom stereocenters. The predicted molar refractivity (Wildman–Crippen MR) is 65.1 cm³/mol. The van der Waals surface area contributed by atoms with Crippen molar-refractivity contribution in [3.05, 3.63) is 48.3 Å². The fourth-order valence-electron chi connectivity index (χ4n) is 1.72. The molecular weight excluding hydrogens is 276 g/mol. The first kappa shape index (κ1) is 14.2. The number of alkyl halides is 3. The molecule has 6 heteroatoms. The normalized spacial score (nSPS) is 11.2. The number of benzene rings is 2. The topological polar surface area (TPSA) is 18.5 Å². The van der Waals surface area contributed by atoms with Crippen LogP contribution in [0.5, 0.6) is 11.5 Å². The maximum Gasteiger partial charge on any atom is 0.573 e. The van der Waals surface area contributed by atoms with E-state index in [1.807, 2.05) is 0 Å². The van der Waals surface area contributed by atoms with Crippen molar-refractivity contribution in [1.82, 2.24) is 0 Å². The highest BCUT2D eigenvalue weighted by molar-refractivity contribution is 5.66. The first-order chi connectivity index (χ1) is 9.39. The van der Waals surface area contributed by atoms with Gasteiger partial charge in [0.15, 0.2) is 0 Å². The Morgan fingerprint density at radius 1 is 0.950 bits per heavy atom. The van der Waals surface area contributed by atoms with E-state index in [0.29, 0.717) is 5.75 Å². The van der Waals surface area contributed by atoms with E-state index in [-0.39, 0.29) is 11.1 Å². The molecule has 2 nitrogen and oxygen atoms in total. The van der Waals surface area contributed by atoms with Gasteiger partial charge in [-0.3, -0.25) is 0 Å². The van der Waals surface area contributed by atoms with Crippen molar-refractivity contribution in [2.24, 2.45) is 0 Å². The zero-order valence-electron chi connectivity index (χ0n) is 10.4. The molecule has 0 amide bonds. The Hall–Kier alpha value is -2.24. The van der Waals surface area contributed by atoms with Crippen molar-refractivity contribution < 1.29 is 27.0 Å². The van der Waals surface area contributed by atoms with Gasteiger partial charge in [-0.25, -0.2) is 4.39 Å². The lowest BCUT2D eigenvalue weighted by Gasteiger charge is -2.11. The van der Waals surface area contributed by atoms with Crippen LogP contribution in [0.1, 0.15) is 0 Å². The van der Waals surface area contributed by atoms with E-state index < -0.39 is 17.9 Å². The molecule has 0 N–H and O–H groups in total. The van der Waals surface area contributed by atoms with Crippen LogP contribution in [0, 0.1) is 5.82 Å². The second-order valence-corrected chi connectivity index (χ2v) is 3.92. The molecule has 0 atom stereocenters. The largest absolute Gasteiger partial charge is 0.573 e. The summed E-state index contributed by atoms with van der Waals surface area (Å²) in [6.07, 6.45) is -4.78. The Labute approximate surface area is 112 Å². The van der Waals surface area contributed by atoms with Crippen molar-refractivity contribution in [3.63, 3.8) is 0 Å². The number of hydrogen-bond donors (Lipinski definition) is 0. The molecular formula is C14H10F4O2. The van der Waals surface area contributed by atoms with Crippen LogP contribution in [0.4, 0.5) is 17.6 Å². The lowest BCUT2D eigenvalue weighted by atomic mass is 10.0. The van der Waals surface area contributed by atoms with Crippen LogP contribution in [0.3, 0.4) is 0 Å². The third-order valence-corrected chi connectivity index (χ3v) is 2.55. The summed E-state index contributed by atoms with van der Waals surface area (Å²) in [5.41, 5.74) is 0.449. The van der Waals surface area contributed by atoms with Crippen molar-refractivity contribution >= 4 is 0 Å². The van der Waals surface area contributed by atoms with Gasteiger partial charge in [-0.2, -0.15) is 0 Å². The van der Waals surface area contributed by atoms with Gasteiger partial charge in [-0.1, -0.05) is 12.1 Å². The molecule has 0 spiro atoms. The zero-order chi connectivity index (χ0) is 14.8. The quantitative estimate of drug-likeness (QED) is 0.779. The third-order valence-electron chi connectivity index (χ3n) is 2.55. The summed E-state index contributed by atoms with van der Waals surface area (Å²) in [5.74, 6) is -0.660. The summed E-state index contributed by atoms with van der Waals surface area (Å²) in [7, 11) is 1.40. The molecule has 2 aromatic carbocycles. The van der Waals surface area contributed by atoms with Crippen molar-refractivity contribution in [1.29, 1.82) is 0 Å². The Morgan fingerprint density at radius 3 is 2.30 bits per heavy atom. The summed E-state index contributed by atoms with van der Waals surface area (Å²) >= 11 is 0. The maximum atomic E-state index is 13.8. The molecule has 20 heavy (non-hydrogen) atoms. The van der Waals surface area contributed by atoms with E-state index in [2.05, 4.69) is 4.74 Å². The Morgan fingerprint density at radius 2 is 1.70 bits per heavy atom. The van der Waals surface area contributed by atoms with Gasteiger partial charge in [0.1, 0.15) is 17.3 Å². The number of ether oxygens (including phenoxy) is 2. The van der Waals surface area contributed by atoms with Gasteiger partial charge in [0, 0.05) is 11.6 Å². The van der Waals surface area contributed by atoms with E-state index in [9.17, 15) is 17.6 Å². The van der Waals surface area contributed by atoms with Crippen LogP contribution in [0.25, 0.3) is 11.1 Å². The van der Waals surface area contributed by atoms with Gasteiger partial charge in [-0.05, 0) is 29.8 Å². The van der Waals surface area contributed by atoms with Gasteiger partial charge in [-0.15, -0.1) is 13.2 Å². The average molecular weight is 286 g/mol. The summed E-state index contributed by atoms with van der Waals surface area (Å²) in [5, 5.41) is 0. The smallest absolute Gasteiger partial charge is 0.497 e. The van der Waals surface area contributed by atoms with Gasteiger partial charge in [0.2, 0.25) is 0 Å². The van der Waals surface area contributed by atoms with E-state index in [0.717, 1.165) is 18.2 Å². The standard InChI is InChI=1S/C14H10F4O2/c1-19-10-5-6-12(13(15)8-10)9-3-2-4-11(7-9)20-14(16,17)18/h2-8H,1H3. The fourth-order valence-corrected chi connectivity index (χ4v) is 1.72. The van der Waals surface area contributed by atoms with Crippen molar-refractivity contribution in [3.8, 4) is 22.6 Å². The molecule has 0 saturated carbocycles. The minimum absolute atomic E-state index is 0.165. The van der Waals surface area contributed by atoms with Crippen LogP contribution < -0.4 is 9.47 Å². The number of methoxy groups -OCH3 is 1. The van der Waals surface area contributed by atoms with E-state index in [4.69, 9.17) is 4.74 Å². The summed E-state index contributed by atoms with van der Waals surface area (Å²) in [6.45, 7) is 0. The molecule has 106 valence electrons. The van der Waals surface area contributed by atoms with Crippen LogP contribution in [-0.4, -0.2) is 13.5 Å². The molecule has 0 fully saturated rings. The molecule has 0 bridgehead atoms. The van der Waals surface area contributed by atoms with Crippen LogP contribution in [0.2, 0.25) is 0 Å². The zero-order valence-corrected chi connectivity index (χ0v) is 10.4. The molecule has 2 aromatic rings. The minimum Gasteiger partial charge on any atom is -0.497 e. The molecule has 2 rings (SSSR count). The third kappa shape index (κ3) is 3.40. The van der Waals surface area contributed by atoms with Gasteiger partial charge in [0.05, 0.1) is 7.11 Å².